The summed E-state index contributed by atoms with van der Waals surface area (Å²) < 4.78 is 41.0. The maximum atomic E-state index is 13.0. The largest absolute Gasteiger partial charge is 0.454 e. The molecule has 3 aromatic carbocycles. The molecule has 36 heavy (non-hydrogen) atoms. The molecule has 8 nitrogen and oxygen atoms in total. The SMILES string of the molecule is O=C1S/C(=C\c2cccc(OS(=O)(=O)c3ccc(Cl)cc3)c2)C(=O)N1Cc1cc2c(cc1Cl)OCO2. The molecule has 2 aliphatic rings. The van der Waals surface area contributed by atoms with Crippen molar-refractivity contribution >= 4 is 62.3 Å². The van der Waals surface area contributed by atoms with E-state index in [9.17, 15) is 18.0 Å². The van der Waals surface area contributed by atoms with Crippen molar-refractivity contribution in [1.29, 1.82) is 0 Å². The molecule has 1 fully saturated rings. The quantitative estimate of drug-likeness (QED) is 0.277. The van der Waals surface area contributed by atoms with Gasteiger partial charge in [0.25, 0.3) is 11.1 Å². The van der Waals surface area contributed by atoms with Gasteiger partial charge in [0.05, 0.1) is 11.4 Å². The molecule has 0 aliphatic carbocycles. The van der Waals surface area contributed by atoms with Gasteiger partial charge in [0.2, 0.25) is 6.79 Å². The molecule has 0 aromatic heterocycles. The maximum Gasteiger partial charge on any atom is 0.339 e. The lowest BCUT2D eigenvalue weighted by molar-refractivity contribution is -0.123. The van der Waals surface area contributed by atoms with Gasteiger partial charge in [-0.15, -0.1) is 0 Å². The molecular formula is C24H15Cl2NO7S2. The summed E-state index contributed by atoms with van der Waals surface area (Å²) in [6.07, 6.45) is 1.49. The van der Waals surface area contributed by atoms with Crippen molar-refractivity contribution in [2.45, 2.75) is 11.4 Å². The second-order valence-electron chi connectivity index (χ2n) is 7.63. The van der Waals surface area contributed by atoms with E-state index in [0.717, 1.165) is 16.7 Å². The summed E-state index contributed by atoms with van der Waals surface area (Å²) in [4.78, 5) is 26.8. The van der Waals surface area contributed by atoms with Gasteiger partial charge >= 0.3 is 10.1 Å². The summed E-state index contributed by atoms with van der Waals surface area (Å²) in [5, 5.41) is 0.275. The lowest BCUT2D eigenvalue weighted by Crippen LogP contribution is -2.27. The fourth-order valence-electron chi connectivity index (χ4n) is 3.47. The van der Waals surface area contributed by atoms with Crippen molar-refractivity contribution in [3.63, 3.8) is 0 Å². The first-order chi connectivity index (χ1) is 17.2. The average Bonchev–Trinajstić information content (AvgIpc) is 3.38. The fourth-order valence-corrected chi connectivity index (χ4v) is 5.57. The van der Waals surface area contributed by atoms with Crippen LogP contribution in [0.4, 0.5) is 4.79 Å². The highest BCUT2D eigenvalue weighted by atomic mass is 35.5. The van der Waals surface area contributed by atoms with Crippen LogP contribution in [0, 0.1) is 0 Å². The summed E-state index contributed by atoms with van der Waals surface area (Å²) in [5.74, 6) is 0.532. The van der Waals surface area contributed by atoms with Crippen LogP contribution in [-0.2, 0) is 21.5 Å². The minimum Gasteiger partial charge on any atom is -0.454 e. The number of nitrogens with zero attached hydrogens (tertiary/aromatic N) is 1. The van der Waals surface area contributed by atoms with Gasteiger partial charge in [-0.25, -0.2) is 0 Å². The summed E-state index contributed by atoms with van der Waals surface area (Å²) in [6.45, 7) is 0.0309. The second kappa shape index (κ2) is 9.70. The van der Waals surface area contributed by atoms with Gasteiger partial charge in [-0.3, -0.25) is 14.5 Å². The van der Waals surface area contributed by atoms with Gasteiger partial charge in [0.1, 0.15) is 10.6 Å². The van der Waals surface area contributed by atoms with Crippen LogP contribution in [-0.4, -0.2) is 31.3 Å². The monoisotopic (exact) mass is 563 g/mol. The number of hydrogen-bond donors (Lipinski definition) is 0. The van der Waals surface area contributed by atoms with E-state index >= 15 is 0 Å². The Morgan fingerprint density at radius 1 is 1.00 bits per heavy atom. The number of fused-ring (bicyclic) bond motifs is 1. The molecule has 0 spiro atoms. The molecular weight excluding hydrogens is 549 g/mol. The van der Waals surface area contributed by atoms with Crippen LogP contribution in [0.25, 0.3) is 6.08 Å². The Bertz CT molecular complexity index is 1520. The van der Waals surface area contributed by atoms with E-state index in [1.165, 1.54) is 42.5 Å². The number of ether oxygens (including phenoxy) is 2. The molecule has 0 radical (unpaired) electrons. The van der Waals surface area contributed by atoms with Gasteiger partial charge in [-0.1, -0.05) is 35.3 Å². The molecule has 5 rings (SSSR count). The molecule has 184 valence electrons. The lowest BCUT2D eigenvalue weighted by Gasteiger charge is -2.14. The molecule has 1 saturated heterocycles. The van der Waals surface area contributed by atoms with Crippen LogP contribution in [0.2, 0.25) is 10.0 Å². The molecule has 0 N–H and O–H groups in total. The van der Waals surface area contributed by atoms with Crippen LogP contribution >= 0.6 is 35.0 Å². The Morgan fingerprint density at radius 2 is 1.72 bits per heavy atom. The summed E-state index contributed by atoms with van der Waals surface area (Å²) >= 11 is 12.9. The zero-order valence-corrected chi connectivity index (χ0v) is 21.3. The average molecular weight is 564 g/mol. The van der Waals surface area contributed by atoms with Gasteiger partial charge < -0.3 is 13.7 Å². The molecule has 0 saturated carbocycles. The van der Waals surface area contributed by atoms with E-state index in [1.54, 1.807) is 24.3 Å². The zero-order valence-electron chi connectivity index (χ0n) is 18.1. The van der Waals surface area contributed by atoms with E-state index in [2.05, 4.69) is 0 Å². The van der Waals surface area contributed by atoms with E-state index < -0.39 is 21.3 Å². The number of thioether (sulfide) groups is 1. The second-order valence-corrected chi connectivity index (χ2v) is 11.0. The number of benzene rings is 3. The van der Waals surface area contributed by atoms with Gasteiger partial charge in [0.15, 0.2) is 11.5 Å². The van der Waals surface area contributed by atoms with Crippen molar-refractivity contribution in [3.8, 4) is 17.2 Å². The Labute approximate surface area is 220 Å². The molecule has 2 amide bonds. The van der Waals surface area contributed by atoms with E-state index in [-0.39, 0.29) is 28.9 Å². The number of hydrogen-bond acceptors (Lipinski definition) is 8. The van der Waals surface area contributed by atoms with E-state index in [0.29, 0.717) is 32.7 Å². The molecule has 0 unspecified atom stereocenters. The Kier molecular flexibility index (Phi) is 6.60. The predicted octanol–water partition coefficient (Wildman–Crippen LogP) is 5.73. The van der Waals surface area contributed by atoms with Crippen molar-refractivity contribution in [1.82, 2.24) is 4.90 Å². The third-order valence-corrected chi connectivity index (χ3v) is 7.98. The highest BCUT2D eigenvalue weighted by Gasteiger charge is 2.35. The smallest absolute Gasteiger partial charge is 0.339 e. The number of rotatable bonds is 6. The maximum absolute atomic E-state index is 13.0. The van der Waals surface area contributed by atoms with Gasteiger partial charge in [0, 0.05) is 16.1 Å². The number of carbonyl (C=O) groups is 2. The standard InChI is InChI=1S/C24H15Cl2NO7S2/c25-16-4-6-18(7-5-16)36(30,31)34-17-3-1-2-14(8-17)9-22-23(28)27(24(29)35-22)12-15-10-20-21(11-19(15)26)33-13-32-20/h1-11H,12-13H2/b22-9-. The van der Waals surface area contributed by atoms with Crippen LogP contribution in [0.3, 0.4) is 0 Å². The number of carbonyl (C=O) groups excluding carboxylic acids is 2. The fraction of sp³-hybridized carbons (Fsp3) is 0.0833. The minimum atomic E-state index is -4.09. The number of halogens is 2. The van der Waals surface area contributed by atoms with Crippen molar-refractivity contribution < 1.29 is 31.7 Å². The van der Waals surface area contributed by atoms with Crippen LogP contribution < -0.4 is 13.7 Å². The molecule has 0 bridgehead atoms. The summed E-state index contributed by atoms with van der Waals surface area (Å²) in [6, 6.07) is 14.9. The first-order valence-corrected chi connectivity index (χ1v) is 13.3. The minimum absolute atomic E-state index is 0.0417. The van der Waals surface area contributed by atoms with E-state index in [4.69, 9.17) is 36.9 Å². The first kappa shape index (κ1) is 24.5. The molecule has 0 atom stereocenters. The summed E-state index contributed by atoms with van der Waals surface area (Å²) in [7, 11) is -4.09. The Balaban J connectivity index is 1.34. The Hall–Kier alpha value is -3.18. The normalized spacial score (nSPS) is 16.2. The molecule has 3 aromatic rings. The van der Waals surface area contributed by atoms with E-state index in [1.807, 2.05) is 0 Å². The van der Waals surface area contributed by atoms with Gasteiger partial charge in [-0.2, -0.15) is 8.42 Å². The highest BCUT2D eigenvalue weighted by Crippen LogP contribution is 2.39. The van der Waals surface area contributed by atoms with Gasteiger partial charge in [-0.05, 0) is 71.4 Å². The third kappa shape index (κ3) is 5.03. The first-order valence-electron chi connectivity index (χ1n) is 10.3. The molecule has 2 aliphatic heterocycles. The third-order valence-electron chi connectivity index (χ3n) is 5.21. The van der Waals surface area contributed by atoms with Crippen molar-refractivity contribution in [2.75, 3.05) is 6.79 Å². The zero-order chi connectivity index (χ0) is 25.4. The van der Waals surface area contributed by atoms with Crippen molar-refractivity contribution in [3.05, 3.63) is 86.7 Å². The molecule has 12 heteroatoms. The number of imide groups is 1. The highest BCUT2D eigenvalue weighted by molar-refractivity contribution is 8.18. The van der Waals surface area contributed by atoms with Crippen molar-refractivity contribution in [2.24, 2.45) is 0 Å². The van der Waals surface area contributed by atoms with Crippen LogP contribution in [0.5, 0.6) is 17.2 Å². The predicted molar refractivity (Wildman–Crippen MR) is 135 cm³/mol. The Morgan fingerprint density at radius 3 is 2.47 bits per heavy atom. The summed E-state index contributed by atoms with van der Waals surface area (Å²) in [5.41, 5.74) is 1.01. The lowest BCUT2D eigenvalue weighted by atomic mass is 10.1. The number of amides is 2. The molecule has 2 heterocycles. The topological polar surface area (TPSA) is 99.2 Å². The van der Waals surface area contributed by atoms with Crippen LogP contribution in [0.15, 0.2) is 70.5 Å². The van der Waals surface area contributed by atoms with Crippen LogP contribution in [0.1, 0.15) is 11.1 Å².